The first-order valence-corrected chi connectivity index (χ1v) is 13.3. The number of rotatable bonds is 12. The predicted octanol–water partition coefficient (Wildman–Crippen LogP) is 2.06. The molecule has 2 aromatic carbocycles. The van der Waals surface area contributed by atoms with Crippen LogP contribution in [0.25, 0.3) is 0 Å². The molecule has 0 bridgehead atoms. The summed E-state index contributed by atoms with van der Waals surface area (Å²) in [5.41, 5.74) is 1.08. The van der Waals surface area contributed by atoms with Gasteiger partial charge in [-0.15, -0.1) is 0 Å². The molecule has 1 aliphatic heterocycles. The number of carbonyl (C=O) groups is 4. The van der Waals surface area contributed by atoms with Crippen molar-refractivity contribution in [2.75, 3.05) is 20.3 Å². The molecule has 2 amide bonds. The molecule has 4 atom stereocenters. The summed E-state index contributed by atoms with van der Waals surface area (Å²) < 4.78 is 26.3. The van der Waals surface area contributed by atoms with Crippen LogP contribution < -0.4 is 14.8 Å². The van der Waals surface area contributed by atoms with Crippen LogP contribution >= 0.6 is 0 Å². The predicted molar refractivity (Wildman–Crippen MR) is 145 cm³/mol. The molecule has 0 saturated heterocycles. The van der Waals surface area contributed by atoms with Crippen LogP contribution in [-0.2, 0) is 20.9 Å². The molecule has 11 heteroatoms. The van der Waals surface area contributed by atoms with Gasteiger partial charge in [0.2, 0.25) is 11.8 Å². The van der Waals surface area contributed by atoms with Crippen molar-refractivity contribution in [3.63, 3.8) is 0 Å². The van der Waals surface area contributed by atoms with Gasteiger partial charge in [0.25, 0.3) is 0 Å². The van der Waals surface area contributed by atoms with E-state index in [1.165, 1.54) is 49.3 Å². The number of Topliss-reactive ketones (excluding diaryl/α,β-unsaturated/α-hetero) is 1. The van der Waals surface area contributed by atoms with Crippen molar-refractivity contribution in [2.24, 2.45) is 0 Å². The number of aldehydes is 1. The Bertz CT molecular complexity index is 1360. The number of carbonyl (C=O) groups excluding carboxylic acids is 4. The van der Waals surface area contributed by atoms with E-state index in [0.29, 0.717) is 11.8 Å². The molecule has 0 aromatic heterocycles. The lowest BCUT2D eigenvalue weighted by Gasteiger charge is -2.41. The van der Waals surface area contributed by atoms with Crippen molar-refractivity contribution in [2.45, 2.75) is 56.9 Å². The van der Waals surface area contributed by atoms with Crippen LogP contribution in [0.4, 0.5) is 4.39 Å². The van der Waals surface area contributed by atoms with E-state index >= 15 is 0 Å². The minimum absolute atomic E-state index is 0.0389. The van der Waals surface area contributed by atoms with E-state index in [2.05, 4.69) is 5.32 Å². The molecule has 4 rings (SSSR count). The first-order chi connectivity index (χ1) is 19.7. The van der Waals surface area contributed by atoms with Crippen LogP contribution in [0.3, 0.4) is 0 Å². The van der Waals surface area contributed by atoms with Crippen LogP contribution in [0, 0.1) is 5.82 Å². The van der Waals surface area contributed by atoms with Gasteiger partial charge in [-0.2, -0.15) is 0 Å². The van der Waals surface area contributed by atoms with E-state index in [1.807, 2.05) is 0 Å². The van der Waals surface area contributed by atoms with Crippen LogP contribution in [-0.4, -0.2) is 77.5 Å². The quantitative estimate of drug-likeness (QED) is 0.331. The second kappa shape index (κ2) is 13.0. The number of nitrogens with zero attached hydrogens (tertiary/aromatic N) is 1. The fraction of sp³-hybridized carbons (Fsp3) is 0.400. The molecule has 2 aliphatic rings. The highest BCUT2D eigenvalue weighted by atomic mass is 19.1. The van der Waals surface area contributed by atoms with Crippen molar-refractivity contribution >= 4 is 23.9 Å². The summed E-state index contributed by atoms with van der Waals surface area (Å²) in [5, 5.41) is 23.6. The fourth-order valence-corrected chi connectivity index (χ4v) is 5.36. The van der Waals surface area contributed by atoms with E-state index in [0.717, 1.165) is 0 Å². The van der Waals surface area contributed by atoms with Crippen LogP contribution in [0.15, 0.2) is 48.0 Å². The lowest BCUT2D eigenvalue weighted by atomic mass is 9.77. The van der Waals surface area contributed by atoms with Gasteiger partial charge >= 0.3 is 0 Å². The summed E-state index contributed by atoms with van der Waals surface area (Å²) in [6, 6.07) is 7.85. The highest BCUT2D eigenvalue weighted by molar-refractivity contribution is 5.96. The average molecular weight is 569 g/mol. The summed E-state index contributed by atoms with van der Waals surface area (Å²) in [6.45, 7) is 0.850. The SMILES string of the molecule is COc1cc(C=O)cc2c1O[C@@H]1[C@@H](O)[C@H](N(Cc3ccccc3F)C(=O)CCCC(C)=O)C=C(C(=O)NCCO)[C@H]21. The number of ether oxygens (including phenoxy) is 2. The first-order valence-electron chi connectivity index (χ1n) is 13.3. The van der Waals surface area contributed by atoms with E-state index in [9.17, 15) is 33.8 Å². The van der Waals surface area contributed by atoms with E-state index in [1.54, 1.807) is 12.1 Å². The maximum absolute atomic E-state index is 14.7. The first kappa shape index (κ1) is 29.9. The number of nitrogens with one attached hydrogen (secondary N) is 1. The van der Waals surface area contributed by atoms with Gasteiger partial charge in [-0.05, 0) is 37.6 Å². The zero-order chi connectivity index (χ0) is 29.7. The third kappa shape index (κ3) is 6.31. The topological polar surface area (TPSA) is 142 Å². The van der Waals surface area contributed by atoms with Gasteiger partial charge in [0.05, 0.1) is 25.7 Å². The minimum Gasteiger partial charge on any atom is -0.493 e. The molecule has 0 radical (unpaired) electrons. The van der Waals surface area contributed by atoms with Crippen molar-refractivity contribution in [1.29, 1.82) is 0 Å². The number of benzene rings is 2. The minimum atomic E-state index is -1.37. The van der Waals surface area contributed by atoms with Gasteiger partial charge in [-0.25, -0.2) is 4.39 Å². The fourth-order valence-electron chi connectivity index (χ4n) is 5.36. The summed E-state index contributed by atoms with van der Waals surface area (Å²) >= 11 is 0. The second-order valence-corrected chi connectivity index (χ2v) is 10.1. The summed E-state index contributed by atoms with van der Waals surface area (Å²) in [4.78, 5) is 51.4. The van der Waals surface area contributed by atoms with Crippen molar-refractivity contribution in [1.82, 2.24) is 10.2 Å². The Hall–Kier alpha value is -4.09. The zero-order valence-electron chi connectivity index (χ0n) is 22.8. The molecule has 41 heavy (non-hydrogen) atoms. The highest BCUT2D eigenvalue weighted by Crippen LogP contribution is 2.51. The number of halogens is 1. The molecule has 10 nitrogen and oxygen atoms in total. The third-order valence-corrected chi connectivity index (χ3v) is 7.31. The second-order valence-electron chi connectivity index (χ2n) is 10.1. The Labute approximate surface area is 236 Å². The Morgan fingerprint density at radius 3 is 2.61 bits per heavy atom. The van der Waals surface area contributed by atoms with Crippen molar-refractivity contribution in [3.8, 4) is 11.5 Å². The van der Waals surface area contributed by atoms with Crippen LogP contribution in [0.2, 0.25) is 0 Å². The van der Waals surface area contributed by atoms with Gasteiger partial charge < -0.3 is 34.7 Å². The Morgan fingerprint density at radius 1 is 1.20 bits per heavy atom. The normalized spacial score (nSPS) is 20.7. The number of ketones is 1. The molecule has 0 spiro atoms. The number of fused-ring (bicyclic) bond motifs is 3. The van der Waals surface area contributed by atoms with E-state index in [-0.39, 0.29) is 72.9 Å². The molecule has 0 fully saturated rings. The highest BCUT2D eigenvalue weighted by Gasteiger charge is 2.51. The Balaban J connectivity index is 1.80. The number of aliphatic hydroxyl groups excluding tert-OH is 2. The number of amides is 2. The van der Waals surface area contributed by atoms with Gasteiger partial charge in [0.1, 0.15) is 30.1 Å². The maximum atomic E-state index is 14.7. The van der Waals surface area contributed by atoms with Gasteiger partial charge in [0, 0.05) is 48.2 Å². The van der Waals surface area contributed by atoms with E-state index in [4.69, 9.17) is 9.47 Å². The zero-order valence-corrected chi connectivity index (χ0v) is 22.8. The largest absolute Gasteiger partial charge is 0.493 e. The molecule has 3 N–H and O–H groups in total. The molecule has 218 valence electrons. The van der Waals surface area contributed by atoms with Gasteiger partial charge in [0.15, 0.2) is 11.5 Å². The number of hydrogen-bond acceptors (Lipinski definition) is 8. The number of methoxy groups -OCH3 is 1. The number of aliphatic hydroxyl groups is 2. The van der Waals surface area contributed by atoms with E-state index < -0.39 is 41.8 Å². The summed E-state index contributed by atoms with van der Waals surface area (Å²) in [5.74, 6) is -1.97. The summed E-state index contributed by atoms with van der Waals surface area (Å²) in [7, 11) is 1.40. The summed E-state index contributed by atoms with van der Waals surface area (Å²) in [6.07, 6.45) is 0.0674. The molecule has 0 unspecified atom stereocenters. The van der Waals surface area contributed by atoms with Crippen LogP contribution in [0.1, 0.15) is 53.6 Å². The molecular weight excluding hydrogens is 535 g/mol. The van der Waals surface area contributed by atoms with Gasteiger partial charge in [-0.3, -0.25) is 14.4 Å². The Kier molecular flexibility index (Phi) is 9.51. The Morgan fingerprint density at radius 2 is 1.95 bits per heavy atom. The molecular formula is C30H33FN2O8. The average Bonchev–Trinajstić information content (AvgIpc) is 3.35. The van der Waals surface area contributed by atoms with Gasteiger partial charge in [-0.1, -0.05) is 18.2 Å². The third-order valence-electron chi connectivity index (χ3n) is 7.31. The molecule has 0 saturated carbocycles. The standard InChI is InChI=1S/C30H33FN2O8/c1-17(36)6-5-9-25(37)33(15-19-7-3-4-8-22(19)31)23-14-21(30(39)32-10-11-34)26-20-12-18(16-35)13-24(40-2)28(20)41-29(26)27(23)38/h3-4,7-8,12-14,16,23,26-27,29,34,38H,5-6,9-11,15H2,1-2H3,(H,32,39)/t23-,26+,27+,29+/m1/s1. The molecule has 1 aliphatic carbocycles. The monoisotopic (exact) mass is 568 g/mol. The van der Waals surface area contributed by atoms with Crippen LogP contribution in [0.5, 0.6) is 11.5 Å². The lowest BCUT2D eigenvalue weighted by Crippen LogP contribution is -2.55. The smallest absolute Gasteiger partial charge is 0.247 e. The molecule has 2 aromatic rings. The number of hydrogen-bond donors (Lipinski definition) is 3. The molecule has 1 heterocycles. The van der Waals surface area contributed by atoms with Crippen molar-refractivity contribution in [3.05, 3.63) is 70.6 Å². The van der Waals surface area contributed by atoms with Crippen molar-refractivity contribution < 1.29 is 43.3 Å². The lowest BCUT2D eigenvalue weighted by molar-refractivity contribution is -0.138. The maximum Gasteiger partial charge on any atom is 0.247 e.